The van der Waals surface area contributed by atoms with Crippen molar-refractivity contribution in [3.05, 3.63) is 0 Å². The van der Waals surface area contributed by atoms with E-state index >= 15 is 0 Å². The van der Waals surface area contributed by atoms with Crippen molar-refractivity contribution in [1.82, 2.24) is 10.6 Å². The number of carboxylic acid groups (broad SMARTS) is 4. The fourth-order valence-electron chi connectivity index (χ4n) is 12.5. The summed E-state index contributed by atoms with van der Waals surface area (Å²) in [5, 5.41) is 239. The number of amides is 2. The lowest BCUT2D eigenvalue weighted by Crippen LogP contribution is -2.70. The van der Waals surface area contributed by atoms with Crippen LogP contribution in [0.25, 0.3) is 0 Å². The molecule has 6 aliphatic rings. The third-order valence-electron chi connectivity index (χ3n) is 17.9. The number of nitrogens with one attached hydrogen (secondary N) is 2. The SMILES string of the molecule is O=C(CCO)N[C@H]1[C@H](OC[C@H]2O[C@H](OP(=O)(O)O)[C@H](NC(=O)CCO)[C@@H](OC(=O)CCO)[C@@H]2O)O[C@H](CO[C@]2(C(=O)O)C[C@@H](O[C@]3(C(=O)O)C[C@@H](O[C@]4(C(=O)O)C[C@@H](O)[C@@H](O)[C@@H]([C@H](O)CO)O4)[C@@H](O)[C@@H]([C@H](O)CO[C@]4(C(=O)O)C[C@@H](O)[C@@H](O)[C@@H]([C@H](O)CO)O4)O3)[C@@H](O)[C@@H]([C@H](O)CO)O2)[C@@H](OP(=O)(O)O)[C@@H]1OC(=O)CCO. The first-order chi connectivity index (χ1) is 51.8. The number of carbonyl (C=O) groups excluding carboxylic acids is 4. The van der Waals surface area contributed by atoms with Gasteiger partial charge in [-0.2, -0.15) is 0 Å². The summed E-state index contributed by atoms with van der Waals surface area (Å²) < 4.78 is 108. The molecule has 6 fully saturated rings. The number of ether oxygens (including phenoxy) is 13. The molecule has 0 aromatic heterocycles. The van der Waals surface area contributed by atoms with Gasteiger partial charge in [0.1, 0.15) is 110 Å². The van der Waals surface area contributed by atoms with E-state index in [2.05, 4.69) is 10.6 Å². The molecule has 2 amide bonds. The van der Waals surface area contributed by atoms with E-state index in [1.165, 1.54) is 0 Å². The van der Waals surface area contributed by atoms with Gasteiger partial charge in [-0.3, -0.25) is 28.2 Å². The second kappa shape index (κ2) is 40.1. The maximum Gasteiger partial charge on any atom is 0.472 e. The highest BCUT2D eigenvalue weighted by molar-refractivity contribution is 7.46. The number of hydrogen-bond acceptors (Lipinski definition) is 43. The molecule has 0 bridgehead atoms. The number of aliphatic hydroxyl groups is 18. The van der Waals surface area contributed by atoms with E-state index in [4.69, 9.17) is 70.6 Å². The average Bonchev–Trinajstić information content (AvgIpc) is 0.744. The number of phosphoric acid groups is 2. The van der Waals surface area contributed by atoms with Gasteiger partial charge in [-0.25, -0.2) is 28.3 Å². The van der Waals surface area contributed by atoms with Crippen LogP contribution in [0.5, 0.6) is 0 Å². The van der Waals surface area contributed by atoms with Crippen molar-refractivity contribution in [3.8, 4) is 0 Å². The second-order valence-electron chi connectivity index (χ2n) is 25.8. The molecule has 0 unspecified atom stereocenters. The fraction of sp³-hybridized carbons (Fsp3) is 0.857. The largest absolute Gasteiger partial charge is 0.477 e. The van der Waals surface area contributed by atoms with Crippen LogP contribution in [-0.2, 0) is 118 Å². The molecule has 0 aromatic rings. The Morgan fingerprint density at radius 3 is 1.22 bits per heavy atom. The Kier molecular flexibility index (Phi) is 34.2. The topological polar surface area (TPSA) is 859 Å². The highest BCUT2D eigenvalue weighted by Gasteiger charge is 2.66. The van der Waals surface area contributed by atoms with E-state index in [-0.39, 0.29) is 0 Å². The first-order valence-corrected chi connectivity index (χ1v) is 36.3. The van der Waals surface area contributed by atoms with Gasteiger partial charge in [0.15, 0.2) is 24.8 Å². The molecule has 6 heterocycles. The van der Waals surface area contributed by atoms with Crippen LogP contribution < -0.4 is 10.6 Å². The fourth-order valence-corrected chi connectivity index (χ4v) is 13.5. The Morgan fingerprint density at radius 2 is 0.793 bits per heavy atom. The first-order valence-electron chi connectivity index (χ1n) is 33.2. The van der Waals surface area contributed by atoms with Crippen molar-refractivity contribution in [2.45, 2.75) is 233 Å². The molecule has 0 saturated carbocycles. The zero-order valence-corrected chi connectivity index (χ0v) is 59.3. The molecule has 28 N–H and O–H groups in total. The lowest BCUT2D eigenvalue weighted by molar-refractivity contribution is -0.395. The van der Waals surface area contributed by atoms with Gasteiger partial charge in [0, 0.05) is 38.5 Å². The number of aliphatic carboxylic acids is 4. The summed E-state index contributed by atoms with van der Waals surface area (Å²) in [4.78, 5) is 148. The molecule has 6 rings (SSSR count). The van der Waals surface area contributed by atoms with Crippen molar-refractivity contribution in [2.24, 2.45) is 0 Å². The number of aliphatic hydroxyl groups excluding tert-OH is 18. The number of hydrogen-bond donors (Lipinski definition) is 28. The first kappa shape index (κ1) is 94.7. The number of phosphoric ester groups is 2. The normalized spacial score (nSPS) is 38.0. The van der Waals surface area contributed by atoms with Gasteiger partial charge < -0.3 is 204 Å². The average molecular weight is 1670 g/mol. The van der Waals surface area contributed by atoms with Gasteiger partial charge in [0.05, 0.1) is 103 Å². The predicted molar refractivity (Wildman–Crippen MR) is 332 cm³/mol. The molecule has 55 heteroatoms. The van der Waals surface area contributed by atoms with E-state index in [0.717, 1.165) is 0 Å². The second-order valence-corrected chi connectivity index (χ2v) is 28.2. The number of carboxylic acids is 4. The minimum atomic E-state index is -6.18. The number of rotatable bonds is 40. The van der Waals surface area contributed by atoms with Crippen LogP contribution in [0.1, 0.15) is 51.4 Å². The van der Waals surface area contributed by atoms with Crippen LogP contribution in [0.4, 0.5) is 0 Å². The smallest absolute Gasteiger partial charge is 0.472 e. The maximum atomic E-state index is 14.1. The van der Waals surface area contributed by atoms with Gasteiger partial charge in [0.2, 0.25) is 11.8 Å². The monoisotopic (exact) mass is 1670 g/mol. The zero-order chi connectivity index (χ0) is 83.4. The molecule has 0 radical (unpaired) electrons. The summed E-state index contributed by atoms with van der Waals surface area (Å²) >= 11 is 0. The van der Waals surface area contributed by atoms with Crippen molar-refractivity contribution in [2.75, 3.05) is 66.1 Å². The summed E-state index contributed by atoms with van der Waals surface area (Å²) in [6.07, 6.45) is -70.6. The minimum Gasteiger partial charge on any atom is -0.477 e. The van der Waals surface area contributed by atoms with Gasteiger partial charge in [0.25, 0.3) is 23.1 Å². The van der Waals surface area contributed by atoms with Crippen molar-refractivity contribution in [3.63, 3.8) is 0 Å². The molecule has 0 spiro atoms. The standard InChI is InChI=1S/C56H90N2O51P2/c59-5-1-29(72)57-33-45(100-31(74)3-7-61)39(80)27(98-48(33)109-111(92,93)94)17-95-47-34(58-30(73)2-6-60)46(101-32(75)4-8-62)44(108-110(89,90)91)28(99-47)18-97-54(50(83)84)11-25(37(78)42(105-54)23(70)15-65)103-56(52(87)88)12-26(102-55(51(85)86)10-20(67)36(77)41(106-55)22(69)14-64)38(79)43(107-56)24(71)16-96-53(49(81)82)9-19(66)35(76)40(104-53)21(68)13-63/h19-28,33-48,59-71,76-80H,1-18H2,(H,57,72)(H,58,73)(H,81,82)(H,83,84)(H,85,86)(H,87,88)(H2,89,90,91)(H2,92,93,94)/t19-,20-,21-,22-,23-,24-,25-,26-,27-,28-,33-,34-,35-,36-,37-,38-,39-,40-,41-,42-,43-,44-,45-,46-,47-,48-,53-,54-,55-,56-/m1/s1. The summed E-state index contributed by atoms with van der Waals surface area (Å²) in [5.74, 6) is -29.8. The lowest BCUT2D eigenvalue weighted by Gasteiger charge is -2.52. The third kappa shape index (κ3) is 23.4. The third-order valence-corrected chi connectivity index (χ3v) is 18.9. The van der Waals surface area contributed by atoms with Crippen LogP contribution in [0.2, 0.25) is 0 Å². The Hall–Kier alpha value is -5.18. The molecule has 640 valence electrons. The number of esters is 2. The molecule has 0 aromatic carbocycles. The van der Waals surface area contributed by atoms with E-state index in [0.29, 0.717) is 0 Å². The van der Waals surface area contributed by atoms with Gasteiger partial charge >= 0.3 is 51.5 Å². The van der Waals surface area contributed by atoms with E-state index in [9.17, 15) is 179 Å². The Morgan fingerprint density at radius 1 is 0.423 bits per heavy atom. The molecule has 111 heavy (non-hydrogen) atoms. The van der Waals surface area contributed by atoms with Crippen molar-refractivity contribution in [1.29, 1.82) is 0 Å². The summed E-state index contributed by atoms with van der Waals surface area (Å²) in [6.45, 7) is -13.0. The summed E-state index contributed by atoms with van der Waals surface area (Å²) in [7, 11) is -12.0. The van der Waals surface area contributed by atoms with E-state index in [1.807, 2.05) is 0 Å². The molecule has 6 saturated heterocycles. The highest BCUT2D eigenvalue weighted by atomic mass is 31.2. The Balaban J connectivity index is 1.49. The predicted octanol–water partition coefficient (Wildman–Crippen LogP) is -15.6. The minimum absolute atomic E-state index is 0.765. The lowest BCUT2D eigenvalue weighted by atomic mass is 9.88. The molecular weight excluding hydrogens is 1580 g/mol. The van der Waals surface area contributed by atoms with Crippen molar-refractivity contribution < 1.29 is 250 Å². The maximum absolute atomic E-state index is 14.1. The summed E-state index contributed by atoms with van der Waals surface area (Å²) in [6, 6.07) is -4.51. The summed E-state index contributed by atoms with van der Waals surface area (Å²) in [5.41, 5.74) is 0. The van der Waals surface area contributed by atoms with Crippen LogP contribution >= 0.6 is 15.6 Å². The van der Waals surface area contributed by atoms with Crippen LogP contribution in [-0.4, -0.2) is 428 Å². The molecule has 30 atom stereocenters. The quantitative estimate of drug-likeness (QED) is 0.0200. The zero-order valence-electron chi connectivity index (χ0n) is 57.5. The van der Waals surface area contributed by atoms with E-state index in [1.54, 1.807) is 0 Å². The van der Waals surface area contributed by atoms with E-state index < -0.39 is 363 Å². The molecule has 53 nitrogen and oxygen atoms in total. The van der Waals surface area contributed by atoms with Crippen LogP contribution in [0.3, 0.4) is 0 Å². The Bertz CT molecular complexity index is 3230. The van der Waals surface area contributed by atoms with Crippen molar-refractivity contribution >= 4 is 63.3 Å². The molecular formula is C56H90N2O51P2. The van der Waals surface area contributed by atoms with Gasteiger partial charge in [-0.1, -0.05) is 0 Å². The highest BCUT2D eigenvalue weighted by Crippen LogP contribution is 2.48. The van der Waals surface area contributed by atoms with Gasteiger partial charge in [-0.15, -0.1) is 0 Å². The Labute approximate surface area is 622 Å². The number of carbonyl (C=O) groups is 8. The van der Waals surface area contributed by atoms with Crippen LogP contribution in [0.15, 0.2) is 0 Å². The van der Waals surface area contributed by atoms with Crippen LogP contribution in [0, 0.1) is 0 Å². The molecule has 0 aliphatic carbocycles. The van der Waals surface area contributed by atoms with Gasteiger partial charge in [-0.05, 0) is 0 Å². The molecule has 6 aliphatic heterocycles.